The first kappa shape index (κ1) is 15.0. The molecule has 0 fully saturated rings. The quantitative estimate of drug-likeness (QED) is 0.586. The Bertz CT molecular complexity index is 772. The number of carbonyl (C=O) groups is 2. The second kappa shape index (κ2) is 5.92. The number of anilines is 1. The average molecular weight is 302 g/mol. The number of hydrogen-bond donors (Lipinski definition) is 3. The molecule has 0 spiro atoms. The van der Waals surface area contributed by atoms with Gasteiger partial charge in [0.15, 0.2) is 0 Å². The molecule has 8 nitrogen and oxygen atoms in total. The molecular formula is C14H10N2O6. The van der Waals surface area contributed by atoms with Crippen molar-refractivity contribution in [3.8, 4) is 5.75 Å². The Balaban J connectivity index is 2.22. The van der Waals surface area contributed by atoms with Crippen LogP contribution in [0.2, 0.25) is 0 Å². The molecule has 0 saturated heterocycles. The number of carboxylic acids is 1. The maximum atomic E-state index is 12.0. The maximum Gasteiger partial charge on any atom is 0.339 e. The summed E-state index contributed by atoms with van der Waals surface area (Å²) in [7, 11) is 0. The van der Waals surface area contributed by atoms with Crippen molar-refractivity contribution in [1.29, 1.82) is 0 Å². The summed E-state index contributed by atoms with van der Waals surface area (Å²) in [4.78, 5) is 32.8. The number of non-ortho nitro benzene ring substituents is 1. The Morgan fingerprint density at radius 1 is 1.14 bits per heavy atom. The van der Waals surface area contributed by atoms with Gasteiger partial charge in [0.05, 0.1) is 4.92 Å². The van der Waals surface area contributed by atoms with Crippen LogP contribution in [0.15, 0.2) is 42.5 Å². The molecule has 2 rings (SSSR count). The van der Waals surface area contributed by atoms with Crippen LogP contribution in [0.5, 0.6) is 5.75 Å². The van der Waals surface area contributed by atoms with E-state index in [4.69, 9.17) is 5.11 Å². The van der Waals surface area contributed by atoms with Crippen LogP contribution in [-0.2, 0) is 0 Å². The fraction of sp³-hybridized carbons (Fsp3) is 0. The van der Waals surface area contributed by atoms with E-state index in [1.165, 1.54) is 24.3 Å². The van der Waals surface area contributed by atoms with E-state index in [9.17, 15) is 24.8 Å². The molecule has 8 heteroatoms. The molecule has 3 N–H and O–H groups in total. The number of hydrogen-bond acceptors (Lipinski definition) is 5. The third-order valence-corrected chi connectivity index (χ3v) is 2.81. The van der Waals surface area contributed by atoms with E-state index in [1.807, 2.05) is 0 Å². The number of carbonyl (C=O) groups excluding carboxylic acids is 1. The monoisotopic (exact) mass is 302 g/mol. The minimum atomic E-state index is -1.30. The number of aromatic carboxylic acids is 1. The van der Waals surface area contributed by atoms with Crippen LogP contribution >= 0.6 is 0 Å². The molecule has 2 aromatic rings. The first-order valence-corrected chi connectivity index (χ1v) is 6.00. The van der Waals surface area contributed by atoms with E-state index in [0.29, 0.717) is 0 Å². The van der Waals surface area contributed by atoms with E-state index < -0.39 is 22.5 Å². The van der Waals surface area contributed by atoms with E-state index in [0.717, 1.165) is 18.2 Å². The number of nitrogens with zero attached hydrogens (tertiary/aromatic N) is 1. The fourth-order valence-electron chi connectivity index (χ4n) is 1.75. The number of rotatable bonds is 4. The van der Waals surface area contributed by atoms with Crippen molar-refractivity contribution in [2.75, 3.05) is 5.32 Å². The summed E-state index contributed by atoms with van der Waals surface area (Å²) in [5, 5.41) is 31.4. The number of carboxylic acid groups (broad SMARTS) is 1. The molecule has 0 aliphatic rings. The number of nitrogens with one attached hydrogen (secondary N) is 1. The van der Waals surface area contributed by atoms with Crippen molar-refractivity contribution in [2.24, 2.45) is 0 Å². The Hall–Kier alpha value is -3.42. The highest BCUT2D eigenvalue weighted by molar-refractivity contribution is 6.05. The summed E-state index contributed by atoms with van der Waals surface area (Å²) in [6, 6.07) is 8.66. The molecule has 2 aromatic carbocycles. The van der Waals surface area contributed by atoms with Crippen molar-refractivity contribution in [2.45, 2.75) is 0 Å². The van der Waals surface area contributed by atoms with E-state index in [-0.39, 0.29) is 22.5 Å². The molecule has 112 valence electrons. The number of amides is 1. The third-order valence-electron chi connectivity index (χ3n) is 2.81. The minimum Gasteiger partial charge on any atom is -0.507 e. The van der Waals surface area contributed by atoms with Gasteiger partial charge < -0.3 is 15.5 Å². The number of nitro groups is 1. The SMILES string of the molecule is O=C(Nc1ccc(C(=O)O)c(O)c1)c1cccc([N+](=O)[O-])c1. The molecular weight excluding hydrogens is 292 g/mol. The Kier molecular flexibility index (Phi) is 4.03. The highest BCUT2D eigenvalue weighted by Gasteiger charge is 2.14. The van der Waals surface area contributed by atoms with E-state index in [1.54, 1.807) is 0 Å². The van der Waals surface area contributed by atoms with Crippen LogP contribution < -0.4 is 5.32 Å². The van der Waals surface area contributed by atoms with Crippen molar-refractivity contribution in [1.82, 2.24) is 0 Å². The molecule has 0 unspecified atom stereocenters. The lowest BCUT2D eigenvalue weighted by Crippen LogP contribution is -2.12. The van der Waals surface area contributed by atoms with Gasteiger partial charge in [-0.05, 0) is 18.2 Å². The number of benzene rings is 2. The van der Waals surface area contributed by atoms with Crippen LogP contribution in [-0.4, -0.2) is 27.0 Å². The van der Waals surface area contributed by atoms with Crippen LogP contribution in [0, 0.1) is 10.1 Å². The van der Waals surface area contributed by atoms with Gasteiger partial charge in [-0.1, -0.05) is 6.07 Å². The van der Waals surface area contributed by atoms with Gasteiger partial charge in [-0.2, -0.15) is 0 Å². The third kappa shape index (κ3) is 3.18. The lowest BCUT2D eigenvalue weighted by Gasteiger charge is -2.07. The predicted molar refractivity (Wildman–Crippen MR) is 76.1 cm³/mol. The van der Waals surface area contributed by atoms with Gasteiger partial charge in [0, 0.05) is 29.4 Å². The van der Waals surface area contributed by atoms with Crippen LogP contribution in [0.4, 0.5) is 11.4 Å². The second-order valence-corrected chi connectivity index (χ2v) is 4.30. The highest BCUT2D eigenvalue weighted by Crippen LogP contribution is 2.22. The lowest BCUT2D eigenvalue weighted by atomic mass is 10.1. The number of nitro benzene ring substituents is 1. The molecule has 0 aromatic heterocycles. The van der Waals surface area contributed by atoms with Gasteiger partial charge in [-0.3, -0.25) is 14.9 Å². The van der Waals surface area contributed by atoms with Gasteiger partial charge in [-0.25, -0.2) is 4.79 Å². The summed E-state index contributed by atoms with van der Waals surface area (Å²) in [6.07, 6.45) is 0. The van der Waals surface area contributed by atoms with Crippen molar-refractivity contribution in [3.05, 3.63) is 63.7 Å². The molecule has 0 aliphatic heterocycles. The maximum absolute atomic E-state index is 12.0. The van der Waals surface area contributed by atoms with Crippen molar-refractivity contribution in [3.63, 3.8) is 0 Å². The van der Waals surface area contributed by atoms with Gasteiger partial charge in [0.2, 0.25) is 0 Å². The summed E-state index contributed by atoms with van der Waals surface area (Å²) in [5.41, 5.74) is -0.292. The Morgan fingerprint density at radius 2 is 1.86 bits per heavy atom. The van der Waals surface area contributed by atoms with Crippen LogP contribution in [0.25, 0.3) is 0 Å². The molecule has 0 saturated carbocycles. The molecule has 0 radical (unpaired) electrons. The number of aromatic hydroxyl groups is 1. The van der Waals surface area contributed by atoms with E-state index in [2.05, 4.69) is 5.32 Å². The minimum absolute atomic E-state index is 0.0657. The zero-order valence-corrected chi connectivity index (χ0v) is 11.0. The number of phenols is 1. The topological polar surface area (TPSA) is 130 Å². The largest absolute Gasteiger partial charge is 0.507 e. The molecule has 0 aliphatic carbocycles. The molecule has 22 heavy (non-hydrogen) atoms. The van der Waals surface area contributed by atoms with Crippen LogP contribution in [0.3, 0.4) is 0 Å². The zero-order valence-electron chi connectivity index (χ0n) is 11.0. The van der Waals surface area contributed by atoms with Gasteiger partial charge >= 0.3 is 5.97 Å². The Morgan fingerprint density at radius 3 is 2.45 bits per heavy atom. The van der Waals surface area contributed by atoms with Gasteiger partial charge in [0.1, 0.15) is 11.3 Å². The van der Waals surface area contributed by atoms with Crippen LogP contribution in [0.1, 0.15) is 20.7 Å². The highest BCUT2D eigenvalue weighted by atomic mass is 16.6. The fourth-order valence-corrected chi connectivity index (χ4v) is 1.75. The molecule has 0 heterocycles. The Labute approximate surface area is 123 Å². The van der Waals surface area contributed by atoms with Crippen molar-refractivity contribution < 1.29 is 24.7 Å². The lowest BCUT2D eigenvalue weighted by molar-refractivity contribution is -0.384. The van der Waals surface area contributed by atoms with Gasteiger partial charge in [-0.15, -0.1) is 0 Å². The van der Waals surface area contributed by atoms with Gasteiger partial charge in [0.25, 0.3) is 11.6 Å². The molecule has 0 atom stereocenters. The summed E-state index contributed by atoms with van der Waals surface area (Å²) in [5.74, 6) is -2.41. The van der Waals surface area contributed by atoms with Crippen molar-refractivity contribution >= 4 is 23.3 Å². The second-order valence-electron chi connectivity index (χ2n) is 4.30. The average Bonchev–Trinajstić information content (AvgIpc) is 2.47. The summed E-state index contributed by atoms with van der Waals surface area (Å²) in [6.45, 7) is 0. The predicted octanol–water partition coefficient (Wildman–Crippen LogP) is 2.25. The first-order chi connectivity index (χ1) is 10.4. The first-order valence-electron chi connectivity index (χ1n) is 6.00. The zero-order chi connectivity index (χ0) is 16.3. The van der Waals surface area contributed by atoms with E-state index >= 15 is 0 Å². The summed E-state index contributed by atoms with van der Waals surface area (Å²) >= 11 is 0. The smallest absolute Gasteiger partial charge is 0.339 e. The molecule has 0 bridgehead atoms. The molecule has 1 amide bonds. The summed E-state index contributed by atoms with van der Waals surface area (Å²) < 4.78 is 0. The normalized spacial score (nSPS) is 10.0. The standard InChI is InChI=1S/C14H10N2O6/c17-12-7-9(4-5-11(12)14(19)20)15-13(18)8-2-1-3-10(6-8)16(21)22/h1-7,17H,(H,15,18)(H,19,20).